The lowest BCUT2D eigenvalue weighted by atomic mass is 10.2. The van der Waals surface area contributed by atoms with Gasteiger partial charge < -0.3 is 14.7 Å². The summed E-state index contributed by atoms with van der Waals surface area (Å²) in [6.07, 6.45) is 1.20. The van der Waals surface area contributed by atoms with Crippen LogP contribution in [0.1, 0.15) is 25.1 Å². The number of halogens is 1. The summed E-state index contributed by atoms with van der Waals surface area (Å²) in [5.74, 6) is 3.97. The molecule has 0 amide bonds. The third-order valence-corrected chi connectivity index (χ3v) is 5.33. The molecule has 1 aromatic heterocycles. The second-order valence-corrected chi connectivity index (χ2v) is 7.22. The SMILES string of the molecule is CCNC(=NCc1noc(C)n1)N1CCC(CSc2ccccc2)C1.I. The van der Waals surface area contributed by atoms with Gasteiger partial charge in [-0.25, -0.2) is 4.99 Å². The summed E-state index contributed by atoms with van der Waals surface area (Å²) in [5, 5.41) is 7.29. The number of aliphatic imine (C=N–C) groups is 1. The van der Waals surface area contributed by atoms with Crippen LogP contribution in [-0.2, 0) is 6.54 Å². The van der Waals surface area contributed by atoms with E-state index in [-0.39, 0.29) is 24.0 Å². The highest BCUT2D eigenvalue weighted by atomic mass is 127. The molecule has 1 aliphatic rings. The molecule has 8 heteroatoms. The minimum atomic E-state index is 0. The minimum Gasteiger partial charge on any atom is -0.357 e. The first kappa shape index (κ1) is 21.0. The van der Waals surface area contributed by atoms with Crippen LogP contribution in [0.15, 0.2) is 44.7 Å². The normalized spacial score (nSPS) is 17.2. The van der Waals surface area contributed by atoms with Crippen molar-refractivity contribution in [1.82, 2.24) is 20.4 Å². The zero-order valence-corrected chi connectivity index (χ0v) is 18.4. The Kier molecular flexibility index (Phi) is 8.70. The number of likely N-dealkylation sites (tertiary alicyclic amines) is 1. The van der Waals surface area contributed by atoms with E-state index in [4.69, 9.17) is 4.52 Å². The minimum absolute atomic E-state index is 0. The van der Waals surface area contributed by atoms with Gasteiger partial charge in [0.1, 0.15) is 6.54 Å². The van der Waals surface area contributed by atoms with Crippen molar-refractivity contribution in [3.63, 3.8) is 0 Å². The number of rotatable bonds is 6. The van der Waals surface area contributed by atoms with Crippen LogP contribution in [0.5, 0.6) is 0 Å². The lowest BCUT2D eigenvalue weighted by molar-refractivity contribution is 0.387. The van der Waals surface area contributed by atoms with E-state index in [1.807, 2.05) is 11.8 Å². The van der Waals surface area contributed by atoms with Gasteiger partial charge in [0.25, 0.3) is 0 Å². The number of nitrogens with one attached hydrogen (secondary N) is 1. The summed E-state index contributed by atoms with van der Waals surface area (Å²) in [6.45, 7) is 7.26. The monoisotopic (exact) mass is 487 g/mol. The fraction of sp³-hybridized carbons (Fsp3) is 0.500. The molecule has 2 aromatic rings. The van der Waals surface area contributed by atoms with Crippen molar-refractivity contribution in [3.05, 3.63) is 42.0 Å². The maximum atomic E-state index is 5.01. The number of aromatic nitrogens is 2. The summed E-state index contributed by atoms with van der Waals surface area (Å²) in [4.78, 5) is 12.6. The van der Waals surface area contributed by atoms with Crippen LogP contribution in [0.25, 0.3) is 0 Å². The van der Waals surface area contributed by atoms with Gasteiger partial charge in [0.2, 0.25) is 5.89 Å². The smallest absolute Gasteiger partial charge is 0.223 e. The third kappa shape index (κ3) is 6.15. The van der Waals surface area contributed by atoms with Gasteiger partial charge in [-0.3, -0.25) is 0 Å². The first-order valence-corrected chi connectivity index (χ1v) is 9.73. The number of aryl methyl sites for hydroxylation is 1. The van der Waals surface area contributed by atoms with Gasteiger partial charge in [0, 0.05) is 37.2 Å². The highest BCUT2D eigenvalue weighted by Gasteiger charge is 2.25. The molecule has 1 unspecified atom stereocenters. The number of thioether (sulfide) groups is 1. The zero-order valence-electron chi connectivity index (χ0n) is 15.2. The van der Waals surface area contributed by atoms with E-state index in [0.29, 0.717) is 24.2 Å². The molecule has 0 aliphatic carbocycles. The molecule has 142 valence electrons. The van der Waals surface area contributed by atoms with E-state index in [0.717, 1.165) is 31.3 Å². The van der Waals surface area contributed by atoms with Gasteiger partial charge in [-0.1, -0.05) is 23.4 Å². The predicted octanol–water partition coefficient (Wildman–Crippen LogP) is 3.58. The Morgan fingerprint density at radius 2 is 2.19 bits per heavy atom. The van der Waals surface area contributed by atoms with Gasteiger partial charge in [-0.05, 0) is 31.4 Å². The maximum absolute atomic E-state index is 5.01. The van der Waals surface area contributed by atoms with Gasteiger partial charge in [-0.2, -0.15) is 4.98 Å². The van der Waals surface area contributed by atoms with E-state index >= 15 is 0 Å². The first-order valence-electron chi connectivity index (χ1n) is 8.75. The molecular formula is C18H26IN5OS. The first-order chi connectivity index (χ1) is 12.2. The Labute approximate surface area is 176 Å². The van der Waals surface area contributed by atoms with Crippen molar-refractivity contribution >= 4 is 41.7 Å². The molecule has 1 N–H and O–H groups in total. The Bertz CT molecular complexity index is 694. The number of hydrogen-bond acceptors (Lipinski definition) is 5. The lowest BCUT2D eigenvalue weighted by Gasteiger charge is -2.21. The van der Waals surface area contributed by atoms with Crippen LogP contribution in [0.2, 0.25) is 0 Å². The lowest BCUT2D eigenvalue weighted by Crippen LogP contribution is -2.40. The Balaban J connectivity index is 0.00000243. The van der Waals surface area contributed by atoms with E-state index in [1.54, 1.807) is 6.92 Å². The van der Waals surface area contributed by atoms with Crippen molar-refractivity contribution in [2.45, 2.75) is 31.7 Å². The molecule has 26 heavy (non-hydrogen) atoms. The predicted molar refractivity (Wildman–Crippen MR) is 116 cm³/mol. The standard InChI is InChI=1S/C18H25N5OS.HI/c1-3-19-18(20-11-17-21-14(2)24-22-17)23-10-9-15(12-23)13-25-16-7-5-4-6-8-16;/h4-8,15H,3,9-13H2,1-2H3,(H,19,20);1H. The fourth-order valence-electron chi connectivity index (χ4n) is 2.87. The van der Waals surface area contributed by atoms with Crippen LogP contribution in [0, 0.1) is 12.8 Å². The van der Waals surface area contributed by atoms with E-state index in [1.165, 1.54) is 11.3 Å². The Morgan fingerprint density at radius 1 is 1.38 bits per heavy atom. The van der Waals surface area contributed by atoms with Crippen LogP contribution in [0.4, 0.5) is 0 Å². The summed E-state index contributed by atoms with van der Waals surface area (Å²) < 4.78 is 5.01. The Hall–Kier alpha value is -1.29. The molecule has 2 heterocycles. The number of nitrogens with zero attached hydrogens (tertiary/aromatic N) is 4. The Morgan fingerprint density at radius 3 is 2.88 bits per heavy atom. The van der Waals surface area contributed by atoms with Crippen LogP contribution >= 0.6 is 35.7 Å². The number of hydrogen-bond donors (Lipinski definition) is 1. The molecular weight excluding hydrogens is 461 g/mol. The van der Waals surface area contributed by atoms with E-state index in [2.05, 4.69) is 62.6 Å². The topological polar surface area (TPSA) is 66.5 Å². The number of benzene rings is 1. The molecule has 3 rings (SSSR count). The maximum Gasteiger partial charge on any atom is 0.223 e. The van der Waals surface area contributed by atoms with E-state index in [9.17, 15) is 0 Å². The van der Waals surface area contributed by atoms with Crippen molar-refractivity contribution in [2.24, 2.45) is 10.9 Å². The highest BCUT2D eigenvalue weighted by molar-refractivity contribution is 14.0. The fourth-order valence-corrected chi connectivity index (χ4v) is 3.92. The second kappa shape index (κ2) is 10.8. The largest absolute Gasteiger partial charge is 0.357 e. The zero-order chi connectivity index (χ0) is 17.5. The van der Waals surface area contributed by atoms with E-state index < -0.39 is 0 Å². The van der Waals surface area contributed by atoms with Crippen molar-refractivity contribution in [1.29, 1.82) is 0 Å². The quantitative estimate of drug-likeness (QED) is 0.291. The van der Waals surface area contributed by atoms with Crippen LogP contribution in [-0.4, -0.2) is 46.4 Å². The summed E-state index contributed by atoms with van der Waals surface area (Å²) in [5.41, 5.74) is 0. The molecule has 0 radical (unpaired) electrons. The van der Waals surface area contributed by atoms with Crippen molar-refractivity contribution in [2.75, 3.05) is 25.4 Å². The second-order valence-electron chi connectivity index (χ2n) is 6.12. The molecule has 1 saturated heterocycles. The molecule has 1 fully saturated rings. The molecule has 0 bridgehead atoms. The van der Waals surface area contributed by atoms with Gasteiger partial charge in [-0.15, -0.1) is 35.7 Å². The third-order valence-electron chi connectivity index (χ3n) is 4.09. The summed E-state index contributed by atoms with van der Waals surface area (Å²) >= 11 is 1.94. The van der Waals surface area contributed by atoms with Crippen molar-refractivity contribution in [3.8, 4) is 0 Å². The average Bonchev–Trinajstić information content (AvgIpc) is 3.27. The average molecular weight is 487 g/mol. The highest BCUT2D eigenvalue weighted by Crippen LogP contribution is 2.25. The summed E-state index contributed by atoms with van der Waals surface area (Å²) in [6, 6.07) is 10.6. The number of guanidine groups is 1. The van der Waals surface area contributed by atoms with Gasteiger partial charge in [0.15, 0.2) is 11.8 Å². The molecule has 0 spiro atoms. The molecule has 6 nitrogen and oxygen atoms in total. The van der Waals surface area contributed by atoms with Gasteiger partial charge in [0.05, 0.1) is 0 Å². The van der Waals surface area contributed by atoms with Crippen LogP contribution in [0.3, 0.4) is 0 Å². The molecule has 0 saturated carbocycles. The molecule has 1 aliphatic heterocycles. The van der Waals surface area contributed by atoms with Crippen LogP contribution < -0.4 is 5.32 Å². The molecule has 1 aromatic carbocycles. The van der Waals surface area contributed by atoms with Crippen molar-refractivity contribution < 1.29 is 4.52 Å². The molecule has 1 atom stereocenters. The summed E-state index contributed by atoms with van der Waals surface area (Å²) in [7, 11) is 0. The van der Waals surface area contributed by atoms with Gasteiger partial charge >= 0.3 is 0 Å².